The maximum absolute atomic E-state index is 12.1. The van der Waals surface area contributed by atoms with Crippen LogP contribution in [-0.2, 0) is 15.0 Å². The monoisotopic (exact) mass is 385 g/mol. The summed E-state index contributed by atoms with van der Waals surface area (Å²) >= 11 is 0. The molecule has 0 saturated carbocycles. The van der Waals surface area contributed by atoms with Crippen molar-refractivity contribution in [2.45, 2.75) is 39.2 Å². The van der Waals surface area contributed by atoms with Gasteiger partial charge in [-0.05, 0) is 30.0 Å². The van der Waals surface area contributed by atoms with E-state index in [0.29, 0.717) is 5.75 Å². The number of benzene rings is 2. The largest absolute Gasteiger partial charge is 0.479 e. The average Bonchev–Trinajstić information content (AvgIpc) is 2.65. The molecule has 1 atom stereocenters. The third-order valence-corrected chi connectivity index (χ3v) is 3.95. The third-order valence-electron chi connectivity index (χ3n) is 3.95. The Labute approximate surface area is 163 Å². The Kier molecular flexibility index (Phi) is 6.35. The van der Waals surface area contributed by atoms with Crippen LogP contribution in [0.5, 0.6) is 5.75 Å². The van der Waals surface area contributed by atoms with Gasteiger partial charge in [-0.2, -0.15) is 0 Å². The molecule has 0 radical (unpaired) electrons. The molecular weight excluding hydrogens is 362 g/mol. The van der Waals surface area contributed by atoms with E-state index in [1.165, 1.54) is 31.2 Å². The molecule has 8 nitrogen and oxygen atoms in total. The van der Waals surface area contributed by atoms with Gasteiger partial charge in [-0.1, -0.05) is 50.2 Å². The van der Waals surface area contributed by atoms with Crippen molar-refractivity contribution in [3.8, 4) is 5.75 Å². The van der Waals surface area contributed by atoms with Crippen molar-refractivity contribution in [3.05, 3.63) is 69.8 Å². The highest BCUT2D eigenvalue weighted by atomic mass is 16.7. The van der Waals surface area contributed by atoms with Gasteiger partial charge in [0.05, 0.1) is 4.92 Å². The van der Waals surface area contributed by atoms with Crippen molar-refractivity contribution in [3.63, 3.8) is 0 Å². The number of carbonyl (C=O) groups is 1. The molecule has 148 valence electrons. The first-order chi connectivity index (χ1) is 13.1. The van der Waals surface area contributed by atoms with Gasteiger partial charge in [-0.3, -0.25) is 10.1 Å². The van der Waals surface area contributed by atoms with Gasteiger partial charge < -0.3 is 15.3 Å². The van der Waals surface area contributed by atoms with Crippen LogP contribution in [0.4, 0.5) is 5.69 Å². The smallest absolute Gasteiger partial charge is 0.374 e. The lowest BCUT2D eigenvalue weighted by Crippen LogP contribution is -2.26. The Balaban J connectivity index is 1.99. The molecular formula is C20H23N3O5. The SMILES string of the molecule is C[C@H](Oc1ccc(C(C)(C)C)cc1)C(=O)O/N=C(/N)c1cccc([N+](=O)[O-])c1. The standard InChI is InChI=1S/C20H23N3O5/c1-13(27-17-10-8-15(9-11-17)20(2,3)4)19(24)28-22-18(21)14-6-5-7-16(12-14)23(25)26/h5-13H,1-4H3,(H2,21,22)/t13-/m0/s1. The van der Waals surface area contributed by atoms with E-state index in [9.17, 15) is 14.9 Å². The number of carbonyl (C=O) groups excluding carboxylic acids is 1. The van der Waals surface area contributed by atoms with Gasteiger partial charge in [0.15, 0.2) is 11.9 Å². The van der Waals surface area contributed by atoms with Gasteiger partial charge in [-0.15, -0.1) is 0 Å². The van der Waals surface area contributed by atoms with Crippen LogP contribution in [-0.4, -0.2) is 22.8 Å². The summed E-state index contributed by atoms with van der Waals surface area (Å²) in [7, 11) is 0. The Hall–Kier alpha value is -3.42. The van der Waals surface area contributed by atoms with Crippen molar-refractivity contribution in [1.29, 1.82) is 0 Å². The zero-order chi connectivity index (χ0) is 20.9. The molecule has 28 heavy (non-hydrogen) atoms. The molecule has 0 bridgehead atoms. The third kappa shape index (κ3) is 5.54. The predicted octanol–water partition coefficient (Wildman–Crippen LogP) is 3.52. The lowest BCUT2D eigenvalue weighted by molar-refractivity contribution is -0.384. The molecule has 2 rings (SSSR count). The Morgan fingerprint density at radius 3 is 2.39 bits per heavy atom. The Morgan fingerprint density at radius 2 is 1.82 bits per heavy atom. The zero-order valence-electron chi connectivity index (χ0n) is 16.2. The molecule has 0 aliphatic heterocycles. The van der Waals surface area contributed by atoms with E-state index < -0.39 is 17.0 Å². The number of rotatable bonds is 6. The van der Waals surface area contributed by atoms with Crippen LogP contribution in [0.1, 0.15) is 38.8 Å². The van der Waals surface area contributed by atoms with E-state index >= 15 is 0 Å². The fourth-order valence-electron chi connectivity index (χ4n) is 2.29. The summed E-state index contributed by atoms with van der Waals surface area (Å²) in [5.41, 5.74) is 7.02. The minimum Gasteiger partial charge on any atom is -0.479 e. The second-order valence-electron chi connectivity index (χ2n) is 7.23. The molecule has 8 heteroatoms. The van der Waals surface area contributed by atoms with Gasteiger partial charge in [-0.25, -0.2) is 4.79 Å². The average molecular weight is 385 g/mol. The number of oxime groups is 1. The van der Waals surface area contributed by atoms with Gasteiger partial charge in [0.25, 0.3) is 5.69 Å². The maximum Gasteiger partial charge on any atom is 0.374 e. The summed E-state index contributed by atoms with van der Waals surface area (Å²) in [5, 5.41) is 14.3. The van der Waals surface area contributed by atoms with E-state index in [0.717, 1.165) is 5.56 Å². The second kappa shape index (κ2) is 8.51. The summed E-state index contributed by atoms with van der Waals surface area (Å²) in [4.78, 5) is 27.1. The van der Waals surface area contributed by atoms with Crippen LogP contribution in [0.3, 0.4) is 0 Å². The molecule has 0 saturated heterocycles. The summed E-state index contributed by atoms with van der Waals surface area (Å²) in [6, 6.07) is 13.0. The number of ether oxygens (including phenoxy) is 1. The van der Waals surface area contributed by atoms with Crippen molar-refractivity contribution in [1.82, 2.24) is 0 Å². The van der Waals surface area contributed by atoms with Crippen LogP contribution >= 0.6 is 0 Å². The maximum atomic E-state index is 12.1. The summed E-state index contributed by atoms with van der Waals surface area (Å²) in [6.45, 7) is 7.84. The van der Waals surface area contributed by atoms with Crippen molar-refractivity contribution in [2.75, 3.05) is 0 Å². The van der Waals surface area contributed by atoms with E-state index in [-0.39, 0.29) is 22.5 Å². The Morgan fingerprint density at radius 1 is 1.18 bits per heavy atom. The number of amidine groups is 1. The Bertz CT molecular complexity index is 885. The topological polar surface area (TPSA) is 117 Å². The molecule has 2 aromatic rings. The number of hydrogen-bond acceptors (Lipinski definition) is 6. The molecule has 0 aromatic heterocycles. The fraction of sp³-hybridized carbons (Fsp3) is 0.300. The predicted molar refractivity (Wildman–Crippen MR) is 105 cm³/mol. The summed E-state index contributed by atoms with van der Waals surface area (Å²) < 4.78 is 5.56. The molecule has 0 amide bonds. The highest BCUT2D eigenvalue weighted by Gasteiger charge is 2.19. The van der Waals surface area contributed by atoms with Gasteiger partial charge in [0.1, 0.15) is 5.75 Å². The number of nitro groups is 1. The van der Waals surface area contributed by atoms with E-state index in [2.05, 4.69) is 25.9 Å². The minimum atomic E-state index is -0.915. The highest BCUT2D eigenvalue weighted by Crippen LogP contribution is 2.24. The quantitative estimate of drug-likeness (QED) is 0.267. The van der Waals surface area contributed by atoms with Crippen LogP contribution in [0.25, 0.3) is 0 Å². The molecule has 2 aromatic carbocycles. The van der Waals surface area contributed by atoms with E-state index in [4.69, 9.17) is 15.3 Å². The summed E-state index contributed by atoms with van der Waals surface area (Å²) in [6.07, 6.45) is -0.915. The molecule has 0 heterocycles. The highest BCUT2D eigenvalue weighted by molar-refractivity contribution is 5.98. The zero-order valence-corrected chi connectivity index (χ0v) is 16.2. The van der Waals surface area contributed by atoms with Gasteiger partial charge in [0, 0.05) is 17.7 Å². The number of non-ortho nitro benzene ring substituents is 1. The lowest BCUT2D eigenvalue weighted by Gasteiger charge is -2.19. The van der Waals surface area contributed by atoms with Gasteiger partial charge in [0.2, 0.25) is 0 Å². The molecule has 0 spiro atoms. The van der Waals surface area contributed by atoms with Crippen LogP contribution in [0.15, 0.2) is 53.7 Å². The number of nitro benzene ring substituents is 1. The molecule has 0 aliphatic rings. The molecule has 0 unspecified atom stereocenters. The van der Waals surface area contributed by atoms with E-state index in [1.807, 2.05) is 12.1 Å². The fourth-order valence-corrected chi connectivity index (χ4v) is 2.29. The number of nitrogens with two attached hydrogens (primary N) is 1. The lowest BCUT2D eigenvalue weighted by atomic mass is 9.87. The normalized spacial score (nSPS) is 12.9. The van der Waals surface area contributed by atoms with E-state index in [1.54, 1.807) is 12.1 Å². The molecule has 0 aliphatic carbocycles. The molecule has 2 N–H and O–H groups in total. The van der Waals surface area contributed by atoms with Crippen molar-refractivity contribution < 1.29 is 19.3 Å². The minimum absolute atomic E-state index is 0.0157. The van der Waals surface area contributed by atoms with Gasteiger partial charge >= 0.3 is 5.97 Å². The molecule has 0 fully saturated rings. The van der Waals surface area contributed by atoms with Crippen molar-refractivity contribution >= 4 is 17.5 Å². The first-order valence-corrected chi connectivity index (χ1v) is 8.64. The number of nitrogens with zero attached hydrogens (tertiary/aromatic N) is 2. The van der Waals surface area contributed by atoms with Crippen LogP contribution in [0.2, 0.25) is 0 Å². The first-order valence-electron chi connectivity index (χ1n) is 8.64. The van der Waals surface area contributed by atoms with Crippen molar-refractivity contribution in [2.24, 2.45) is 10.9 Å². The van der Waals surface area contributed by atoms with Crippen LogP contribution < -0.4 is 10.5 Å². The number of hydrogen-bond donors (Lipinski definition) is 1. The summed E-state index contributed by atoms with van der Waals surface area (Å²) in [5.74, 6) is -0.375. The second-order valence-corrected chi connectivity index (χ2v) is 7.23. The van der Waals surface area contributed by atoms with Crippen LogP contribution in [0, 0.1) is 10.1 Å². The first kappa shape index (κ1) is 20.9.